The first kappa shape index (κ1) is 44.4. The SMILES string of the molecule is CC(C)OC(=O)N[C@@H](C(=O)N1CCC[C@H]1C(=O)Cc1ccc2[nH]c(-c3ccc(-c4ncc([C@@H]5CCCN5C(=O)[C@H](NC(=O)OC(C)C)c5ccccc5)[nH]4)cc3)cc2c1)c1ccccc1. The number of hydrogen-bond donors (Lipinski definition) is 4. The molecule has 336 valence electrons. The first-order valence-electron chi connectivity index (χ1n) is 22.4. The Morgan fingerprint density at radius 3 is 1.86 bits per heavy atom. The highest BCUT2D eigenvalue weighted by Crippen LogP contribution is 2.35. The molecule has 2 fully saturated rings. The number of amides is 4. The number of rotatable bonds is 14. The molecule has 4 atom stereocenters. The van der Waals surface area contributed by atoms with Crippen LogP contribution in [0.15, 0.2) is 115 Å². The van der Waals surface area contributed by atoms with Gasteiger partial charge < -0.3 is 39.9 Å². The van der Waals surface area contributed by atoms with Gasteiger partial charge in [0.05, 0.1) is 36.2 Å². The van der Waals surface area contributed by atoms with E-state index >= 15 is 0 Å². The highest BCUT2D eigenvalue weighted by molar-refractivity contribution is 5.95. The zero-order valence-electron chi connectivity index (χ0n) is 37.1. The predicted molar refractivity (Wildman–Crippen MR) is 246 cm³/mol. The van der Waals surface area contributed by atoms with Gasteiger partial charge in [-0.15, -0.1) is 0 Å². The number of nitrogens with one attached hydrogen (secondary N) is 4. The molecule has 4 N–H and O–H groups in total. The molecule has 2 aliphatic rings. The van der Waals surface area contributed by atoms with Crippen LogP contribution in [0.3, 0.4) is 0 Å². The summed E-state index contributed by atoms with van der Waals surface area (Å²) >= 11 is 0. The Balaban J connectivity index is 0.926. The fraction of sp³-hybridized carbons (Fsp3) is 0.333. The van der Waals surface area contributed by atoms with E-state index in [4.69, 9.17) is 14.5 Å². The van der Waals surface area contributed by atoms with Crippen LogP contribution in [-0.2, 0) is 30.3 Å². The fourth-order valence-corrected chi connectivity index (χ4v) is 8.87. The maximum absolute atomic E-state index is 14.1. The third-order valence-electron chi connectivity index (χ3n) is 11.9. The first-order chi connectivity index (χ1) is 31.4. The van der Waals surface area contributed by atoms with Gasteiger partial charge in [0.25, 0.3) is 5.91 Å². The Hall–Kier alpha value is -7.22. The number of carbonyl (C=O) groups excluding carboxylic acids is 5. The van der Waals surface area contributed by atoms with Crippen LogP contribution in [-0.4, -0.2) is 85.9 Å². The van der Waals surface area contributed by atoms with E-state index < -0.39 is 30.3 Å². The zero-order chi connectivity index (χ0) is 45.6. The van der Waals surface area contributed by atoms with Gasteiger partial charge in [-0.3, -0.25) is 14.4 Å². The second kappa shape index (κ2) is 19.7. The molecule has 4 amide bonds. The molecule has 0 unspecified atom stereocenters. The molecule has 14 heteroatoms. The smallest absolute Gasteiger partial charge is 0.408 e. The molecule has 14 nitrogen and oxygen atoms in total. The van der Waals surface area contributed by atoms with Crippen LogP contribution in [0.25, 0.3) is 33.5 Å². The quantitative estimate of drug-likeness (QED) is 0.0839. The summed E-state index contributed by atoms with van der Waals surface area (Å²) < 4.78 is 10.6. The number of H-pyrrole nitrogens is 2. The maximum Gasteiger partial charge on any atom is 0.408 e. The third kappa shape index (κ3) is 10.3. The van der Waals surface area contributed by atoms with Crippen LogP contribution >= 0.6 is 0 Å². The normalized spacial score (nSPS) is 17.0. The van der Waals surface area contributed by atoms with Gasteiger partial charge in [0, 0.05) is 41.7 Å². The Kier molecular flexibility index (Phi) is 13.4. The number of ketones is 1. The summed E-state index contributed by atoms with van der Waals surface area (Å²) in [7, 11) is 0. The maximum atomic E-state index is 14.1. The summed E-state index contributed by atoms with van der Waals surface area (Å²) in [6.07, 6.45) is 2.73. The van der Waals surface area contributed by atoms with E-state index in [1.807, 2.05) is 83.8 Å². The van der Waals surface area contributed by atoms with Crippen LogP contribution in [0.5, 0.6) is 0 Å². The second-order valence-electron chi connectivity index (χ2n) is 17.3. The summed E-state index contributed by atoms with van der Waals surface area (Å²) in [4.78, 5) is 82.4. The Morgan fingerprint density at radius 1 is 0.677 bits per heavy atom. The van der Waals surface area contributed by atoms with E-state index in [1.165, 1.54) is 0 Å². The van der Waals surface area contributed by atoms with Crippen molar-refractivity contribution in [3.63, 3.8) is 0 Å². The molecule has 0 aliphatic carbocycles. The van der Waals surface area contributed by atoms with Crippen molar-refractivity contribution in [3.8, 4) is 22.6 Å². The van der Waals surface area contributed by atoms with Gasteiger partial charge in [0.1, 0.15) is 17.9 Å². The number of ether oxygens (including phenoxy) is 2. The number of hydrogen-bond acceptors (Lipinski definition) is 8. The highest BCUT2D eigenvalue weighted by Gasteiger charge is 2.39. The van der Waals surface area contributed by atoms with Crippen molar-refractivity contribution in [1.82, 2.24) is 35.4 Å². The molecule has 0 bridgehead atoms. The van der Waals surface area contributed by atoms with Gasteiger partial charge in [-0.05, 0) is 93.8 Å². The molecule has 2 aliphatic heterocycles. The summed E-state index contributed by atoms with van der Waals surface area (Å²) in [6.45, 7) is 7.98. The van der Waals surface area contributed by atoms with Crippen molar-refractivity contribution >= 4 is 40.7 Å². The molecule has 4 aromatic carbocycles. The van der Waals surface area contributed by atoms with Crippen LogP contribution in [0.2, 0.25) is 0 Å². The lowest BCUT2D eigenvalue weighted by Crippen LogP contribution is -2.48. The van der Waals surface area contributed by atoms with E-state index in [1.54, 1.807) is 63.1 Å². The fourth-order valence-electron chi connectivity index (χ4n) is 8.87. The Labute approximate surface area is 378 Å². The minimum Gasteiger partial charge on any atom is -0.447 e. The van der Waals surface area contributed by atoms with Gasteiger partial charge >= 0.3 is 12.2 Å². The molecule has 0 spiro atoms. The Bertz CT molecular complexity index is 2640. The molecule has 0 saturated carbocycles. The lowest BCUT2D eigenvalue weighted by molar-refractivity contribution is -0.139. The standard InChI is InChI=1S/C51H55N7O7/c1-31(2)64-50(62)55-45(35-13-7-5-8-14-35)48(60)57-25-11-17-42(57)41-30-52-47(54-41)37-22-20-34(21-23-37)40-29-38-27-33(19-24-39(38)53-40)28-44(59)43-18-12-26-58(43)49(61)46(36-15-9-6-10-16-36)56-51(63)65-32(3)4/h5-10,13-16,19-24,27,29-32,42-43,45-46,53H,11-12,17-18,25-26,28H2,1-4H3,(H,52,54)(H,55,62)(H,56,63)/t42-,43-,45+,46+/m0/s1. The topological polar surface area (TPSA) is 179 Å². The lowest BCUT2D eigenvalue weighted by atomic mass is 9.99. The van der Waals surface area contributed by atoms with E-state index in [0.717, 1.165) is 51.8 Å². The van der Waals surface area contributed by atoms with E-state index in [0.29, 0.717) is 42.9 Å². The van der Waals surface area contributed by atoms with E-state index in [-0.39, 0.29) is 42.3 Å². The Morgan fingerprint density at radius 2 is 1.25 bits per heavy atom. The average molecular weight is 878 g/mol. The molecule has 0 radical (unpaired) electrons. The summed E-state index contributed by atoms with van der Waals surface area (Å²) in [5, 5.41) is 6.48. The number of alkyl carbamates (subject to hydrolysis) is 2. The van der Waals surface area contributed by atoms with Crippen LogP contribution in [0, 0.1) is 0 Å². The molecule has 65 heavy (non-hydrogen) atoms. The van der Waals surface area contributed by atoms with E-state index in [9.17, 15) is 24.0 Å². The highest BCUT2D eigenvalue weighted by atomic mass is 16.6. The van der Waals surface area contributed by atoms with Crippen molar-refractivity contribution in [1.29, 1.82) is 0 Å². The monoisotopic (exact) mass is 877 g/mol. The van der Waals surface area contributed by atoms with Crippen molar-refractivity contribution in [2.75, 3.05) is 13.1 Å². The number of Topliss-reactive ketones (excluding diaryl/α,β-unsaturated/α-hetero) is 1. The van der Waals surface area contributed by atoms with E-state index in [2.05, 4.69) is 26.7 Å². The number of benzene rings is 4. The number of fused-ring (bicyclic) bond motifs is 1. The van der Waals surface area contributed by atoms with Gasteiger partial charge in [-0.25, -0.2) is 14.6 Å². The number of aromatic amines is 2. The minimum absolute atomic E-state index is 0.0523. The largest absolute Gasteiger partial charge is 0.447 e. The molecular weight excluding hydrogens is 823 g/mol. The lowest BCUT2D eigenvalue weighted by Gasteiger charge is -2.29. The number of likely N-dealkylation sites (tertiary alicyclic amines) is 2. The van der Waals surface area contributed by atoms with Crippen LogP contribution in [0.4, 0.5) is 9.59 Å². The third-order valence-corrected chi connectivity index (χ3v) is 11.9. The molecule has 4 heterocycles. The number of nitrogens with zero attached hydrogens (tertiary/aromatic N) is 3. The van der Waals surface area contributed by atoms with Crippen molar-refractivity contribution < 1.29 is 33.4 Å². The van der Waals surface area contributed by atoms with Crippen molar-refractivity contribution in [2.45, 2.75) is 96.2 Å². The van der Waals surface area contributed by atoms with Crippen LogP contribution in [0.1, 0.15) is 93.9 Å². The molecular formula is C51H55N7O7. The minimum atomic E-state index is -0.983. The average Bonchev–Trinajstić information content (AvgIpc) is 4.14. The van der Waals surface area contributed by atoms with Gasteiger partial charge in [-0.1, -0.05) is 91.0 Å². The number of aromatic nitrogens is 3. The number of imidazole rings is 1. The van der Waals surface area contributed by atoms with Crippen LogP contribution < -0.4 is 10.6 Å². The molecule has 6 aromatic rings. The summed E-state index contributed by atoms with van der Waals surface area (Å²) in [5.41, 5.74) is 6.65. The first-order valence-corrected chi connectivity index (χ1v) is 22.4. The van der Waals surface area contributed by atoms with Crippen molar-refractivity contribution in [2.24, 2.45) is 0 Å². The van der Waals surface area contributed by atoms with Gasteiger partial charge in [-0.2, -0.15) is 0 Å². The van der Waals surface area contributed by atoms with Gasteiger partial charge in [0.15, 0.2) is 5.78 Å². The predicted octanol–water partition coefficient (Wildman–Crippen LogP) is 8.74. The zero-order valence-corrected chi connectivity index (χ0v) is 37.1. The molecule has 2 aromatic heterocycles. The molecule has 8 rings (SSSR count). The van der Waals surface area contributed by atoms with Gasteiger partial charge in [0.2, 0.25) is 5.91 Å². The summed E-state index contributed by atoms with van der Waals surface area (Å²) in [5.74, 6) is 0.0812. The number of carbonyl (C=O) groups is 5. The van der Waals surface area contributed by atoms with Crippen molar-refractivity contribution in [3.05, 3.63) is 138 Å². The summed E-state index contributed by atoms with van der Waals surface area (Å²) in [6, 6.07) is 31.5. The second-order valence-corrected chi connectivity index (χ2v) is 17.3. The molecule has 2 saturated heterocycles.